The van der Waals surface area contributed by atoms with Gasteiger partial charge in [0.15, 0.2) is 0 Å². The van der Waals surface area contributed by atoms with Crippen molar-refractivity contribution >= 4 is 21.7 Å². The van der Waals surface area contributed by atoms with Crippen LogP contribution in [0.15, 0.2) is 36.5 Å². The van der Waals surface area contributed by atoms with Gasteiger partial charge in [0.2, 0.25) is 10.0 Å². The zero-order valence-electron chi connectivity index (χ0n) is 13.2. The summed E-state index contributed by atoms with van der Waals surface area (Å²) in [7, 11) is -3.20. The minimum Gasteiger partial charge on any atom is -0.325 e. The Morgan fingerprint density at radius 2 is 2.09 bits per heavy atom. The van der Waals surface area contributed by atoms with Gasteiger partial charge < -0.3 is 5.32 Å². The SMILES string of the molecule is Cc1cccc(Nc2cc([C@@H]3CCCN3S(C)(=O)=O)ccn2)n1. The smallest absolute Gasteiger partial charge is 0.211 e. The molecule has 0 aliphatic carbocycles. The molecule has 0 radical (unpaired) electrons. The quantitative estimate of drug-likeness (QED) is 0.931. The second kappa shape index (κ2) is 6.25. The molecule has 1 aliphatic heterocycles. The predicted octanol–water partition coefficient (Wildman–Crippen LogP) is 2.63. The molecule has 0 aromatic carbocycles. The van der Waals surface area contributed by atoms with E-state index in [1.54, 1.807) is 10.5 Å². The van der Waals surface area contributed by atoms with E-state index in [0.29, 0.717) is 12.4 Å². The number of aromatic nitrogens is 2. The Hall–Kier alpha value is -1.99. The van der Waals surface area contributed by atoms with Gasteiger partial charge >= 0.3 is 0 Å². The number of rotatable bonds is 4. The first-order chi connectivity index (χ1) is 10.9. The summed E-state index contributed by atoms with van der Waals surface area (Å²) in [5.74, 6) is 1.39. The Morgan fingerprint density at radius 3 is 2.83 bits per heavy atom. The Kier molecular flexibility index (Phi) is 4.32. The van der Waals surface area contributed by atoms with Crippen molar-refractivity contribution < 1.29 is 8.42 Å². The maximum Gasteiger partial charge on any atom is 0.211 e. The number of nitrogens with zero attached hydrogens (tertiary/aromatic N) is 3. The lowest BCUT2D eigenvalue weighted by Gasteiger charge is -2.22. The lowest BCUT2D eigenvalue weighted by molar-refractivity contribution is 0.400. The number of hydrogen-bond donors (Lipinski definition) is 1. The van der Waals surface area contributed by atoms with Gasteiger partial charge in [0, 0.05) is 24.5 Å². The average molecular weight is 332 g/mol. The van der Waals surface area contributed by atoms with Crippen molar-refractivity contribution in [2.75, 3.05) is 18.1 Å². The molecule has 3 heterocycles. The highest BCUT2D eigenvalue weighted by molar-refractivity contribution is 7.88. The van der Waals surface area contributed by atoms with Gasteiger partial charge in [0.25, 0.3) is 0 Å². The van der Waals surface area contributed by atoms with Crippen LogP contribution in [0, 0.1) is 6.92 Å². The maximum absolute atomic E-state index is 11.9. The van der Waals surface area contributed by atoms with Crippen molar-refractivity contribution in [1.82, 2.24) is 14.3 Å². The van der Waals surface area contributed by atoms with E-state index in [9.17, 15) is 8.42 Å². The van der Waals surface area contributed by atoms with Crippen molar-refractivity contribution in [1.29, 1.82) is 0 Å². The molecule has 7 heteroatoms. The summed E-state index contributed by atoms with van der Waals surface area (Å²) in [5, 5.41) is 3.17. The zero-order chi connectivity index (χ0) is 16.4. The highest BCUT2D eigenvalue weighted by Crippen LogP contribution is 2.34. The van der Waals surface area contributed by atoms with E-state index in [4.69, 9.17) is 0 Å². The van der Waals surface area contributed by atoms with Crippen LogP contribution in [0.25, 0.3) is 0 Å². The van der Waals surface area contributed by atoms with Gasteiger partial charge in [-0.1, -0.05) is 6.07 Å². The molecule has 2 aromatic heterocycles. The van der Waals surface area contributed by atoms with Crippen LogP contribution in [-0.2, 0) is 10.0 Å². The first-order valence-corrected chi connectivity index (χ1v) is 9.42. The summed E-state index contributed by atoms with van der Waals surface area (Å²) in [5.41, 5.74) is 1.88. The summed E-state index contributed by atoms with van der Waals surface area (Å²) in [4.78, 5) is 8.70. The minimum atomic E-state index is -3.20. The highest BCUT2D eigenvalue weighted by atomic mass is 32.2. The molecule has 0 bridgehead atoms. The van der Waals surface area contributed by atoms with Crippen molar-refractivity contribution in [2.45, 2.75) is 25.8 Å². The van der Waals surface area contributed by atoms with Gasteiger partial charge in [-0.2, -0.15) is 4.31 Å². The van der Waals surface area contributed by atoms with Crippen molar-refractivity contribution in [3.05, 3.63) is 47.8 Å². The van der Waals surface area contributed by atoms with E-state index < -0.39 is 10.0 Å². The van der Waals surface area contributed by atoms with E-state index in [1.807, 2.05) is 37.3 Å². The summed E-state index contributed by atoms with van der Waals surface area (Å²) >= 11 is 0. The standard InChI is InChI=1S/C16H20N4O2S/c1-12-5-3-7-15(18-12)19-16-11-13(8-9-17-16)14-6-4-10-20(14)23(2,21)22/h3,5,7-9,11,14H,4,6,10H2,1-2H3,(H,17,18,19)/t14-/m0/s1. The number of pyridine rings is 2. The highest BCUT2D eigenvalue weighted by Gasteiger charge is 2.32. The van der Waals surface area contributed by atoms with Gasteiger partial charge in [-0.3, -0.25) is 0 Å². The third-order valence-corrected chi connectivity index (χ3v) is 5.23. The van der Waals surface area contributed by atoms with Crippen LogP contribution in [0.3, 0.4) is 0 Å². The summed E-state index contributed by atoms with van der Waals surface area (Å²) in [6, 6.07) is 9.40. The number of sulfonamides is 1. The lowest BCUT2D eigenvalue weighted by atomic mass is 10.1. The Labute approximate surface area is 136 Å². The first-order valence-electron chi connectivity index (χ1n) is 7.57. The number of hydrogen-bond acceptors (Lipinski definition) is 5. The molecule has 0 unspecified atom stereocenters. The summed E-state index contributed by atoms with van der Waals surface area (Å²) in [6.45, 7) is 2.51. The summed E-state index contributed by atoms with van der Waals surface area (Å²) in [6.07, 6.45) is 4.68. The van der Waals surface area contributed by atoms with Crippen LogP contribution in [0.1, 0.15) is 30.1 Å². The Morgan fingerprint density at radius 1 is 1.26 bits per heavy atom. The fraction of sp³-hybridized carbons (Fsp3) is 0.375. The van der Waals surface area contributed by atoms with Crippen molar-refractivity contribution in [3.63, 3.8) is 0 Å². The molecule has 0 saturated carbocycles. The van der Waals surface area contributed by atoms with Crippen LogP contribution < -0.4 is 5.32 Å². The van der Waals surface area contributed by atoms with Gasteiger partial charge in [-0.05, 0) is 49.6 Å². The Bertz CT molecular complexity index is 807. The molecule has 3 rings (SSSR count). The molecular formula is C16H20N4O2S. The van der Waals surface area contributed by atoms with Gasteiger partial charge in [-0.15, -0.1) is 0 Å². The topological polar surface area (TPSA) is 75.2 Å². The molecule has 2 aromatic rings. The third kappa shape index (κ3) is 3.68. The normalized spacial score (nSPS) is 19.0. The second-order valence-corrected chi connectivity index (χ2v) is 7.73. The van der Waals surface area contributed by atoms with E-state index >= 15 is 0 Å². The minimum absolute atomic E-state index is 0.112. The number of anilines is 2. The first kappa shape index (κ1) is 15.9. The van der Waals surface area contributed by atoms with E-state index in [0.717, 1.165) is 29.9 Å². The fourth-order valence-corrected chi connectivity index (χ4v) is 4.09. The maximum atomic E-state index is 11.9. The number of nitrogens with one attached hydrogen (secondary N) is 1. The van der Waals surface area contributed by atoms with Crippen LogP contribution in [0.4, 0.5) is 11.6 Å². The van der Waals surface area contributed by atoms with E-state index in [2.05, 4.69) is 15.3 Å². The van der Waals surface area contributed by atoms with E-state index in [1.165, 1.54) is 6.26 Å². The van der Waals surface area contributed by atoms with Crippen molar-refractivity contribution in [3.8, 4) is 0 Å². The van der Waals surface area contributed by atoms with E-state index in [-0.39, 0.29) is 6.04 Å². The lowest BCUT2D eigenvalue weighted by Crippen LogP contribution is -2.29. The zero-order valence-corrected chi connectivity index (χ0v) is 14.0. The molecule has 1 fully saturated rings. The van der Waals surface area contributed by atoms with Gasteiger partial charge in [0.1, 0.15) is 11.6 Å². The fourth-order valence-electron chi connectivity index (χ4n) is 2.94. The number of aryl methyl sites for hydroxylation is 1. The Balaban J connectivity index is 1.85. The molecule has 1 N–H and O–H groups in total. The predicted molar refractivity (Wildman–Crippen MR) is 90.0 cm³/mol. The molecule has 6 nitrogen and oxygen atoms in total. The molecule has 0 spiro atoms. The molecule has 23 heavy (non-hydrogen) atoms. The largest absolute Gasteiger partial charge is 0.325 e. The molecule has 1 atom stereocenters. The van der Waals surface area contributed by atoms with Crippen LogP contribution in [0.5, 0.6) is 0 Å². The molecule has 122 valence electrons. The average Bonchev–Trinajstić information content (AvgIpc) is 2.97. The van der Waals surface area contributed by atoms with Crippen LogP contribution >= 0.6 is 0 Å². The molecule has 1 saturated heterocycles. The van der Waals surface area contributed by atoms with Crippen LogP contribution in [-0.4, -0.2) is 35.5 Å². The molecule has 0 amide bonds. The molecule has 1 aliphatic rings. The molecular weight excluding hydrogens is 312 g/mol. The van der Waals surface area contributed by atoms with Gasteiger partial charge in [-0.25, -0.2) is 18.4 Å². The summed E-state index contributed by atoms with van der Waals surface area (Å²) < 4.78 is 25.4. The monoisotopic (exact) mass is 332 g/mol. The van der Waals surface area contributed by atoms with Crippen molar-refractivity contribution in [2.24, 2.45) is 0 Å². The van der Waals surface area contributed by atoms with Crippen LogP contribution in [0.2, 0.25) is 0 Å². The third-order valence-electron chi connectivity index (χ3n) is 3.94. The van der Waals surface area contributed by atoms with Gasteiger partial charge in [0.05, 0.1) is 6.26 Å². The second-order valence-electron chi connectivity index (χ2n) is 5.80.